The van der Waals surface area contributed by atoms with E-state index in [4.69, 9.17) is 4.74 Å². The predicted octanol–water partition coefficient (Wildman–Crippen LogP) is 2.71. The van der Waals surface area contributed by atoms with Gasteiger partial charge in [0.1, 0.15) is 11.6 Å². The highest BCUT2D eigenvalue weighted by molar-refractivity contribution is 6.02. The second-order valence-electron chi connectivity index (χ2n) is 4.66. The molecule has 2 heterocycles. The molecular weight excluding hydrogens is 299 g/mol. The Bertz CT molecular complexity index is 787. The maximum absolute atomic E-state index is 12.8. The van der Waals surface area contributed by atoms with E-state index in [1.54, 1.807) is 36.8 Å². The zero-order valence-electron chi connectivity index (χ0n) is 12.0. The van der Waals surface area contributed by atoms with Crippen molar-refractivity contribution >= 4 is 11.6 Å². The normalized spacial score (nSPS) is 10.3. The van der Waals surface area contributed by atoms with E-state index >= 15 is 0 Å². The molecular formula is C16H13FN4O2. The van der Waals surface area contributed by atoms with Crippen molar-refractivity contribution in [2.45, 2.75) is 6.73 Å². The van der Waals surface area contributed by atoms with Crippen LogP contribution < -0.4 is 10.1 Å². The summed E-state index contributed by atoms with van der Waals surface area (Å²) in [4.78, 5) is 15.9. The zero-order valence-corrected chi connectivity index (χ0v) is 12.0. The van der Waals surface area contributed by atoms with E-state index in [2.05, 4.69) is 15.4 Å². The van der Waals surface area contributed by atoms with Gasteiger partial charge in [-0.1, -0.05) is 0 Å². The van der Waals surface area contributed by atoms with E-state index in [9.17, 15) is 9.18 Å². The summed E-state index contributed by atoms with van der Waals surface area (Å²) in [7, 11) is 0. The highest BCUT2D eigenvalue weighted by Crippen LogP contribution is 2.12. The Morgan fingerprint density at radius 2 is 1.87 bits per heavy atom. The van der Waals surface area contributed by atoms with Gasteiger partial charge in [-0.05, 0) is 42.5 Å². The number of aromatic nitrogens is 3. The van der Waals surface area contributed by atoms with E-state index in [1.807, 2.05) is 0 Å². The standard InChI is InChI=1S/C16H13FN4O2/c17-12-1-3-14(4-2-12)23-11-21-10-7-15(20-21)16(22)19-13-5-8-18-9-6-13/h1-10H,11H2,(H,18,19,22). The second kappa shape index (κ2) is 6.69. The molecule has 23 heavy (non-hydrogen) atoms. The van der Waals surface area contributed by atoms with E-state index in [0.717, 1.165) is 0 Å². The molecule has 1 N–H and O–H groups in total. The fraction of sp³-hybridized carbons (Fsp3) is 0.0625. The molecule has 7 heteroatoms. The van der Waals surface area contributed by atoms with Gasteiger partial charge < -0.3 is 10.1 Å². The lowest BCUT2D eigenvalue weighted by Gasteiger charge is -2.06. The molecule has 0 aliphatic rings. The van der Waals surface area contributed by atoms with Crippen LogP contribution in [0.2, 0.25) is 0 Å². The minimum atomic E-state index is -0.327. The first-order chi connectivity index (χ1) is 11.2. The highest BCUT2D eigenvalue weighted by Gasteiger charge is 2.10. The van der Waals surface area contributed by atoms with Crippen LogP contribution in [0.3, 0.4) is 0 Å². The topological polar surface area (TPSA) is 69.0 Å². The third kappa shape index (κ3) is 3.91. The number of nitrogens with zero attached hydrogens (tertiary/aromatic N) is 3. The second-order valence-corrected chi connectivity index (χ2v) is 4.66. The summed E-state index contributed by atoms with van der Waals surface area (Å²) in [6.07, 6.45) is 4.81. The lowest BCUT2D eigenvalue weighted by atomic mass is 10.3. The summed E-state index contributed by atoms with van der Waals surface area (Å²) < 4.78 is 19.7. The van der Waals surface area contributed by atoms with Gasteiger partial charge in [0, 0.05) is 24.3 Å². The molecule has 2 aromatic heterocycles. The van der Waals surface area contributed by atoms with Crippen LogP contribution in [0.1, 0.15) is 10.5 Å². The Kier molecular flexibility index (Phi) is 4.28. The van der Waals surface area contributed by atoms with Crippen LogP contribution in [0.4, 0.5) is 10.1 Å². The molecule has 3 rings (SSSR count). The van der Waals surface area contributed by atoms with Gasteiger partial charge in [-0.2, -0.15) is 5.10 Å². The quantitative estimate of drug-likeness (QED) is 0.786. The largest absolute Gasteiger partial charge is 0.471 e. The molecule has 1 amide bonds. The van der Waals surface area contributed by atoms with Crippen LogP contribution in [0.15, 0.2) is 61.1 Å². The number of carbonyl (C=O) groups is 1. The van der Waals surface area contributed by atoms with Crippen molar-refractivity contribution < 1.29 is 13.9 Å². The number of halogens is 1. The first-order valence-electron chi connectivity index (χ1n) is 6.84. The Labute approximate surface area is 131 Å². The molecule has 0 bridgehead atoms. The van der Waals surface area contributed by atoms with Crippen molar-refractivity contribution in [3.8, 4) is 5.75 Å². The summed E-state index contributed by atoms with van der Waals surface area (Å²) in [5.41, 5.74) is 0.909. The Hall–Kier alpha value is -3.22. The van der Waals surface area contributed by atoms with Gasteiger partial charge in [-0.25, -0.2) is 9.07 Å². The number of nitrogens with one attached hydrogen (secondary N) is 1. The smallest absolute Gasteiger partial charge is 0.276 e. The number of hydrogen-bond donors (Lipinski definition) is 1. The van der Waals surface area contributed by atoms with Gasteiger partial charge in [-0.3, -0.25) is 9.78 Å². The first kappa shape index (κ1) is 14.7. The zero-order chi connectivity index (χ0) is 16.1. The summed E-state index contributed by atoms with van der Waals surface area (Å²) in [5.74, 6) is -0.132. The Morgan fingerprint density at radius 1 is 1.13 bits per heavy atom. The molecule has 116 valence electrons. The van der Waals surface area contributed by atoms with Gasteiger partial charge >= 0.3 is 0 Å². The van der Waals surface area contributed by atoms with Crippen molar-refractivity contribution in [1.29, 1.82) is 0 Å². The fourth-order valence-electron chi connectivity index (χ4n) is 1.86. The molecule has 0 aliphatic carbocycles. The Balaban J connectivity index is 1.59. The Morgan fingerprint density at radius 3 is 2.61 bits per heavy atom. The number of hydrogen-bond acceptors (Lipinski definition) is 4. The number of rotatable bonds is 5. The van der Waals surface area contributed by atoms with E-state index in [1.165, 1.54) is 28.9 Å². The summed E-state index contributed by atoms with van der Waals surface area (Å²) in [6.45, 7) is 0.119. The number of amides is 1. The number of anilines is 1. The van der Waals surface area contributed by atoms with Gasteiger partial charge in [0.05, 0.1) is 0 Å². The first-order valence-corrected chi connectivity index (χ1v) is 6.84. The molecule has 0 saturated carbocycles. The minimum absolute atomic E-state index is 0.119. The predicted molar refractivity (Wildman–Crippen MR) is 81.4 cm³/mol. The van der Waals surface area contributed by atoms with Crippen molar-refractivity contribution in [3.63, 3.8) is 0 Å². The molecule has 0 aliphatic heterocycles. The van der Waals surface area contributed by atoms with Gasteiger partial charge in [-0.15, -0.1) is 0 Å². The molecule has 0 spiro atoms. The third-order valence-corrected chi connectivity index (χ3v) is 2.99. The maximum atomic E-state index is 12.8. The number of carbonyl (C=O) groups excluding carboxylic acids is 1. The van der Waals surface area contributed by atoms with Gasteiger partial charge in [0.15, 0.2) is 12.4 Å². The summed E-state index contributed by atoms with van der Waals surface area (Å²) >= 11 is 0. The van der Waals surface area contributed by atoms with Crippen LogP contribution in [0, 0.1) is 5.82 Å². The average Bonchev–Trinajstić information content (AvgIpc) is 3.04. The number of benzene rings is 1. The minimum Gasteiger partial charge on any atom is -0.471 e. The molecule has 1 aromatic carbocycles. The summed E-state index contributed by atoms with van der Waals surface area (Å²) in [5, 5.41) is 6.84. The molecule has 0 unspecified atom stereocenters. The van der Waals surface area contributed by atoms with Crippen molar-refractivity contribution in [3.05, 3.63) is 72.6 Å². The number of ether oxygens (including phenoxy) is 1. The van der Waals surface area contributed by atoms with E-state index in [0.29, 0.717) is 11.4 Å². The van der Waals surface area contributed by atoms with Crippen LogP contribution in [-0.4, -0.2) is 20.7 Å². The molecule has 0 atom stereocenters. The highest BCUT2D eigenvalue weighted by atomic mass is 19.1. The van der Waals surface area contributed by atoms with Crippen molar-refractivity contribution in [2.75, 3.05) is 5.32 Å². The van der Waals surface area contributed by atoms with E-state index < -0.39 is 0 Å². The SMILES string of the molecule is O=C(Nc1ccncc1)c1ccn(COc2ccc(F)cc2)n1. The third-order valence-electron chi connectivity index (χ3n) is 2.99. The monoisotopic (exact) mass is 312 g/mol. The average molecular weight is 312 g/mol. The van der Waals surface area contributed by atoms with Gasteiger partial charge in [0.25, 0.3) is 5.91 Å². The molecule has 6 nitrogen and oxygen atoms in total. The van der Waals surface area contributed by atoms with Crippen LogP contribution in [0.25, 0.3) is 0 Å². The molecule has 3 aromatic rings. The molecule has 0 saturated heterocycles. The van der Waals surface area contributed by atoms with Crippen molar-refractivity contribution in [2.24, 2.45) is 0 Å². The molecule has 0 radical (unpaired) electrons. The van der Waals surface area contributed by atoms with Crippen LogP contribution in [0.5, 0.6) is 5.75 Å². The van der Waals surface area contributed by atoms with Crippen LogP contribution >= 0.6 is 0 Å². The van der Waals surface area contributed by atoms with Crippen LogP contribution in [-0.2, 0) is 6.73 Å². The lowest BCUT2D eigenvalue weighted by Crippen LogP contribution is -2.14. The van der Waals surface area contributed by atoms with Gasteiger partial charge in [0.2, 0.25) is 0 Å². The maximum Gasteiger partial charge on any atom is 0.276 e. The number of pyridine rings is 1. The summed E-state index contributed by atoms with van der Waals surface area (Å²) in [6, 6.07) is 10.6. The molecule has 0 fully saturated rings. The van der Waals surface area contributed by atoms with Crippen molar-refractivity contribution in [1.82, 2.24) is 14.8 Å². The fourth-order valence-corrected chi connectivity index (χ4v) is 1.86. The van der Waals surface area contributed by atoms with E-state index in [-0.39, 0.29) is 24.1 Å². The lowest BCUT2D eigenvalue weighted by molar-refractivity contribution is 0.102.